The molecule has 0 saturated carbocycles. The van der Waals surface area contributed by atoms with Crippen molar-refractivity contribution in [2.24, 2.45) is 0 Å². The second-order valence-corrected chi connectivity index (χ2v) is 4.85. The molecule has 1 aromatic carbocycles. The van der Waals surface area contributed by atoms with Gasteiger partial charge in [0.15, 0.2) is 0 Å². The van der Waals surface area contributed by atoms with Gasteiger partial charge in [0.2, 0.25) is 0 Å². The van der Waals surface area contributed by atoms with Crippen LogP contribution in [-0.2, 0) is 0 Å². The van der Waals surface area contributed by atoms with E-state index >= 15 is 0 Å². The van der Waals surface area contributed by atoms with Crippen LogP contribution in [0.4, 0.5) is 0 Å². The van der Waals surface area contributed by atoms with Crippen LogP contribution in [0, 0.1) is 0 Å². The maximum absolute atomic E-state index is 6.14. The Labute approximate surface area is 109 Å². The Morgan fingerprint density at radius 3 is 2.35 bits per heavy atom. The number of halogens is 1. The van der Waals surface area contributed by atoms with Crippen molar-refractivity contribution in [3.63, 3.8) is 0 Å². The van der Waals surface area contributed by atoms with Gasteiger partial charge in [-0.2, -0.15) is 0 Å². The predicted molar refractivity (Wildman–Crippen MR) is 71.9 cm³/mol. The van der Waals surface area contributed by atoms with Crippen LogP contribution in [0.25, 0.3) is 0 Å². The van der Waals surface area contributed by atoms with E-state index < -0.39 is 0 Å². The summed E-state index contributed by atoms with van der Waals surface area (Å²) >= 11 is 6.14. The predicted octanol–water partition coefficient (Wildman–Crippen LogP) is 3.46. The first-order valence-electron chi connectivity index (χ1n) is 6.29. The van der Waals surface area contributed by atoms with Crippen molar-refractivity contribution >= 4 is 11.6 Å². The number of rotatable bonds is 4. The van der Waals surface area contributed by atoms with Gasteiger partial charge in [-0.05, 0) is 43.6 Å². The lowest BCUT2D eigenvalue weighted by Crippen LogP contribution is -2.34. The summed E-state index contributed by atoms with van der Waals surface area (Å²) in [5.74, 6) is 1.56. The Hall–Kier alpha value is -0.730. The molecule has 1 heterocycles. The molecule has 94 valence electrons. The highest BCUT2D eigenvalue weighted by Gasteiger charge is 2.21. The molecule has 2 rings (SSSR count). The molecule has 0 aliphatic carbocycles. The molecule has 1 aromatic rings. The van der Waals surface area contributed by atoms with E-state index in [1.807, 2.05) is 12.1 Å². The maximum Gasteiger partial charge on any atom is 0.118 e. The molecule has 2 nitrogen and oxygen atoms in total. The fraction of sp³-hybridized carbons (Fsp3) is 0.571. The fourth-order valence-corrected chi connectivity index (χ4v) is 2.83. The summed E-state index contributed by atoms with van der Waals surface area (Å²) < 4.78 is 5.18. The van der Waals surface area contributed by atoms with Crippen LogP contribution in [0.5, 0.6) is 5.75 Å². The van der Waals surface area contributed by atoms with Crippen molar-refractivity contribution in [3.05, 3.63) is 29.8 Å². The fourth-order valence-electron chi connectivity index (χ4n) is 2.45. The molecule has 1 aliphatic rings. The lowest BCUT2D eigenvalue weighted by Gasteiger charge is -2.33. The highest BCUT2D eigenvalue weighted by Crippen LogP contribution is 2.27. The monoisotopic (exact) mass is 253 g/mol. The van der Waals surface area contributed by atoms with Gasteiger partial charge < -0.3 is 4.74 Å². The summed E-state index contributed by atoms with van der Waals surface area (Å²) in [6, 6.07) is 8.63. The molecule has 17 heavy (non-hydrogen) atoms. The molecule has 1 atom stereocenters. The van der Waals surface area contributed by atoms with Crippen molar-refractivity contribution in [1.82, 2.24) is 4.90 Å². The summed E-state index contributed by atoms with van der Waals surface area (Å²) in [4.78, 5) is 2.50. The number of benzene rings is 1. The van der Waals surface area contributed by atoms with Gasteiger partial charge in [-0.3, -0.25) is 4.90 Å². The van der Waals surface area contributed by atoms with Crippen LogP contribution in [-0.4, -0.2) is 31.0 Å². The minimum absolute atomic E-state index is 0.350. The summed E-state index contributed by atoms with van der Waals surface area (Å²) in [5.41, 5.74) is 1.29. The highest BCUT2D eigenvalue weighted by atomic mass is 35.5. The molecule has 1 saturated heterocycles. The third-order valence-corrected chi connectivity index (χ3v) is 3.77. The molecular formula is C14H20ClNO. The van der Waals surface area contributed by atoms with Crippen LogP contribution in [0.1, 0.15) is 30.9 Å². The van der Waals surface area contributed by atoms with E-state index in [0.29, 0.717) is 11.9 Å². The summed E-state index contributed by atoms with van der Waals surface area (Å²) in [5, 5.41) is 0. The Kier molecular flexibility index (Phi) is 4.69. The summed E-state index contributed by atoms with van der Waals surface area (Å²) in [6.07, 6.45) is 3.95. The van der Waals surface area contributed by atoms with Crippen molar-refractivity contribution in [2.45, 2.75) is 25.3 Å². The van der Waals surface area contributed by atoms with Crippen molar-refractivity contribution in [1.29, 1.82) is 0 Å². The molecule has 0 aromatic heterocycles. The Balaban J connectivity index is 2.10. The maximum atomic E-state index is 6.14. The van der Waals surface area contributed by atoms with Crippen LogP contribution in [0.3, 0.4) is 0 Å². The van der Waals surface area contributed by atoms with Crippen molar-refractivity contribution < 1.29 is 4.74 Å². The third-order valence-electron chi connectivity index (χ3n) is 3.48. The first-order chi connectivity index (χ1) is 8.35. The molecule has 1 aliphatic heterocycles. The van der Waals surface area contributed by atoms with Gasteiger partial charge in [-0.1, -0.05) is 18.6 Å². The number of ether oxygens (including phenoxy) is 1. The molecule has 0 spiro atoms. The van der Waals surface area contributed by atoms with E-state index in [0.717, 1.165) is 5.75 Å². The SMILES string of the molecule is COc1ccc(C(CCl)N2CCCCC2)cc1. The molecule has 1 fully saturated rings. The van der Waals surface area contributed by atoms with Gasteiger partial charge in [0.05, 0.1) is 7.11 Å². The molecule has 0 bridgehead atoms. The molecule has 3 heteroatoms. The Morgan fingerprint density at radius 1 is 1.18 bits per heavy atom. The van der Waals surface area contributed by atoms with Crippen LogP contribution >= 0.6 is 11.6 Å². The number of alkyl halides is 1. The number of likely N-dealkylation sites (tertiary alicyclic amines) is 1. The van der Waals surface area contributed by atoms with E-state index in [1.165, 1.54) is 37.9 Å². The van der Waals surface area contributed by atoms with Gasteiger partial charge in [0.25, 0.3) is 0 Å². The first kappa shape index (κ1) is 12.7. The number of hydrogen-bond donors (Lipinski definition) is 0. The van der Waals surface area contributed by atoms with Crippen LogP contribution in [0.15, 0.2) is 24.3 Å². The minimum Gasteiger partial charge on any atom is -0.497 e. The molecular weight excluding hydrogens is 234 g/mol. The van der Waals surface area contributed by atoms with Crippen LogP contribution in [0.2, 0.25) is 0 Å². The van der Waals surface area contributed by atoms with Crippen molar-refractivity contribution in [3.8, 4) is 5.75 Å². The number of methoxy groups -OCH3 is 1. The number of nitrogens with zero attached hydrogens (tertiary/aromatic N) is 1. The van der Waals surface area contributed by atoms with E-state index in [-0.39, 0.29) is 0 Å². The largest absolute Gasteiger partial charge is 0.497 e. The average molecular weight is 254 g/mol. The van der Waals surface area contributed by atoms with E-state index in [1.54, 1.807) is 7.11 Å². The zero-order valence-electron chi connectivity index (χ0n) is 10.4. The quantitative estimate of drug-likeness (QED) is 0.762. The number of piperidine rings is 1. The Bertz CT molecular complexity index is 333. The number of hydrogen-bond acceptors (Lipinski definition) is 2. The molecule has 0 N–H and O–H groups in total. The zero-order chi connectivity index (χ0) is 12.1. The molecule has 0 radical (unpaired) electrons. The standard InChI is InChI=1S/C14H20ClNO/c1-17-13-7-5-12(6-8-13)14(11-15)16-9-3-2-4-10-16/h5-8,14H,2-4,9-11H2,1H3. The minimum atomic E-state index is 0.350. The highest BCUT2D eigenvalue weighted by molar-refractivity contribution is 6.18. The van der Waals surface area contributed by atoms with E-state index in [2.05, 4.69) is 17.0 Å². The molecule has 1 unspecified atom stereocenters. The first-order valence-corrected chi connectivity index (χ1v) is 6.82. The van der Waals surface area contributed by atoms with Gasteiger partial charge in [0.1, 0.15) is 5.75 Å². The summed E-state index contributed by atoms with van der Waals surface area (Å²) in [7, 11) is 1.69. The second-order valence-electron chi connectivity index (χ2n) is 4.54. The lowest BCUT2D eigenvalue weighted by atomic mass is 10.0. The van der Waals surface area contributed by atoms with E-state index in [4.69, 9.17) is 16.3 Å². The normalized spacial score (nSPS) is 18.9. The Morgan fingerprint density at radius 2 is 1.82 bits per heavy atom. The van der Waals surface area contributed by atoms with Crippen molar-refractivity contribution in [2.75, 3.05) is 26.1 Å². The smallest absolute Gasteiger partial charge is 0.118 e. The topological polar surface area (TPSA) is 12.5 Å². The van der Waals surface area contributed by atoms with Gasteiger partial charge in [-0.25, -0.2) is 0 Å². The van der Waals surface area contributed by atoms with Gasteiger partial charge in [-0.15, -0.1) is 11.6 Å². The van der Waals surface area contributed by atoms with Crippen LogP contribution < -0.4 is 4.74 Å². The average Bonchev–Trinajstić information content (AvgIpc) is 2.42. The second kappa shape index (κ2) is 6.27. The molecule has 0 amide bonds. The zero-order valence-corrected chi connectivity index (χ0v) is 11.1. The van der Waals surface area contributed by atoms with Gasteiger partial charge >= 0.3 is 0 Å². The third kappa shape index (κ3) is 3.14. The van der Waals surface area contributed by atoms with Gasteiger partial charge in [0, 0.05) is 11.9 Å². The summed E-state index contributed by atoms with van der Waals surface area (Å²) in [6.45, 7) is 2.34. The lowest BCUT2D eigenvalue weighted by molar-refractivity contribution is 0.177. The van der Waals surface area contributed by atoms with E-state index in [9.17, 15) is 0 Å².